The highest BCUT2D eigenvalue weighted by Gasteiger charge is 2.38. The zero-order valence-electron chi connectivity index (χ0n) is 17.7. The molecule has 2 aromatic rings. The summed E-state index contributed by atoms with van der Waals surface area (Å²) in [5.41, 5.74) is 1.82. The van der Waals surface area contributed by atoms with Crippen LogP contribution in [0.25, 0.3) is 0 Å². The van der Waals surface area contributed by atoms with Gasteiger partial charge in [0, 0.05) is 61.5 Å². The highest BCUT2D eigenvalue weighted by atomic mass is 32.2. The number of aryl methyl sites for hydroxylation is 2. The first-order valence-corrected chi connectivity index (χ1v) is 11.5. The molecule has 8 heteroatoms. The van der Waals surface area contributed by atoms with Crippen molar-refractivity contribution in [2.24, 2.45) is 5.92 Å². The number of hydrogen-bond donors (Lipinski definition) is 0. The molecule has 1 atom stereocenters. The highest BCUT2D eigenvalue weighted by Crippen LogP contribution is 2.28. The average molecular weight is 426 g/mol. The van der Waals surface area contributed by atoms with Crippen molar-refractivity contribution in [2.75, 3.05) is 48.8 Å². The molecule has 2 aliphatic rings. The number of hydrogen-bond acceptors (Lipinski definition) is 6. The molecule has 0 bridgehead atoms. The van der Waals surface area contributed by atoms with Crippen molar-refractivity contribution in [1.29, 1.82) is 0 Å². The third-order valence-corrected chi connectivity index (χ3v) is 6.47. The first kappa shape index (κ1) is 20.7. The van der Waals surface area contributed by atoms with Gasteiger partial charge >= 0.3 is 0 Å². The molecule has 1 aromatic carbocycles. The standard InChI is InChI=1S/C22H27N5O2S/c1-15-12-20(24-16(2)23-15)25-8-10-26(11-9-25)22(29)17-13-21(28)27(14-17)18-4-6-19(30-3)7-5-18/h4-7,12,17H,8-11,13-14H2,1-3H3. The number of aromatic nitrogens is 2. The predicted octanol–water partition coefficient (Wildman–Crippen LogP) is 2.52. The van der Waals surface area contributed by atoms with E-state index in [0.29, 0.717) is 19.6 Å². The molecule has 1 aromatic heterocycles. The van der Waals surface area contributed by atoms with E-state index in [9.17, 15) is 9.59 Å². The molecule has 4 rings (SSSR count). The molecule has 0 spiro atoms. The molecule has 30 heavy (non-hydrogen) atoms. The normalized spacial score (nSPS) is 19.5. The molecule has 0 N–H and O–H groups in total. The monoisotopic (exact) mass is 425 g/mol. The molecule has 0 saturated carbocycles. The Labute approximate surface area is 181 Å². The van der Waals surface area contributed by atoms with Crippen LogP contribution >= 0.6 is 11.8 Å². The Bertz CT molecular complexity index is 921. The second-order valence-electron chi connectivity index (χ2n) is 7.83. The van der Waals surface area contributed by atoms with Gasteiger partial charge in [-0.25, -0.2) is 9.97 Å². The van der Waals surface area contributed by atoms with Gasteiger partial charge in [0.15, 0.2) is 0 Å². The average Bonchev–Trinajstić information content (AvgIpc) is 3.14. The summed E-state index contributed by atoms with van der Waals surface area (Å²) >= 11 is 1.67. The summed E-state index contributed by atoms with van der Waals surface area (Å²) in [6.45, 7) is 7.09. The molecule has 0 aliphatic carbocycles. The van der Waals surface area contributed by atoms with Crippen LogP contribution in [-0.2, 0) is 9.59 Å². The quantitative estimate of drug-likeness (QED) is 0.701. The van der Waals surface area contributed by atoms with Crippen molar-refractivity contribution in [3.05, 3.63) is 41.9 Å². The Kier molecular flexibility index (Phi) is 5.94. The minimum Gasteiger partial charge on any atom is -0.353 e. The lowest BCUT2D eigenvalue weighted by molar-refractivity contribution is -0.136. The third kappa shape index (κ3) is 4.28. The van der Waals surface area contributed by atoms with E-state index in [-0.39, 0.29) is 24.2 Å². The van der Waals surface area contributed by atoms with Crippen molar-refractivity contribution in [1.82, 2.24) is 14.9 Å². The Hall–Kier alpha value is -2.61. The fourth-order valence-electron chi connectivity index (χ4n) is 4.16. The number of rotatable bonds is 4. The SMILES string of the molecule is CSc1ccc(N2CC(C(=O)N3CCN(c4cc(C)nc(C)n4)CC3)CC2=O)cc1. The maximum absolute atomic E-state index is 13.1. The van der Waals surface area contributed by atoms with E-state index in [4.69, 9.17) is 0 Å². The van der Waals surface area contributed by atoms with Crippen LogP contribution in [0, 0.1) is 19.8 Å². The van der Waals surface area contributed by atoms with Gasteiger partial charge in [0.05, 0.1) is 5.92 Å². The molecule has 1 unspecified atom stereocenters. The molecule has 2 aliphatic heterocycles. The van der Waals surface area contributed by atoms with E-state index in [1.807, 2.05) is 55.3 Å². The Morgan fingerprint density at radius 2 is 1.77 bits per heavy atom. The van der Waals surface area contributed by atoms with Gasteiger partial charge in [0.25, 0.3) is 0 Å². The van der Waals surface area contributed by atoms with Crippen LogP contribution in [0.2, 0.25) is 0 Å². The Morgan fingerprint density at radius 1 is 1.07 bits per heavy atom. The highest BCUT2D eigenvalue weighted by molar-refractivity contribution is 7.98. The maximum atomic E-state index is 13.1. The predicted molar refractivity (Wildman–Crippen MR) is 119 cm³/mol. The van der Waals surface area contributed by atoms with Gasteiger partial charge in [-0.05, 0) is 44.4 Å². The number of carbonyl (C=O) groups excluding carboxylic acids is 2. The molecule has 3 heterocycles. The molecule has 2 amide bonds. The smallest absolute Gasteiger partial charge is 0.228 e. The van der Waals surface area contributed by atoms with Gasteiger partial charge in [-0.1, -0.05) is 0 Å². The van der Waals surface area contributed by atoms with Gasteiger partial charge in [-0.15, -0.1) is 11.8 Å². The third-order valence-electron chi connectivity index (χ3n) is 5.73. The topological polar surface area (TPSA) is 69.6 Å². The van der Waals surface area contributed by atoms with Crippen LogP contribution in [-0.4, -0.2) is 65.7 Å². The van der Waals surface area contributed by atoms with Crippen LogP contribution in [0.5, 0.6) is 0 Å². The van der Waals surface area contributed by atoms with Gasteiger partial charge in [-0.2, -0.15) is 0 Å². The summed E-state index contributed by atoms with van der Waals surface area (Å²) in [4.78, 5) is 41.5. The first-order valence-electron chi connectivity index (χ1n) is 10.2. The summed E-state index contributed by atoms with van der Waals surface area (Å²) in [7, 11) is 0. The largest absolute Gasteiger partial charge is 0.353 e. The second-order valence-corrected chi connectivity index (χ2v) is 8.71. The maximum Gasteiger partial charge on any atom is 0.228 e. The van der Waals surface area contributed by atoms with E-state index in [2.05, 4.69) is 14.9 Å². The fraction of sp³-hybridized carbons (Fsp3) is 0.455. The molecule has 0 radical (unpaired) electrons. The Morgan fingerprint density at radius 3 is 2.40 bits per heavy atom. The molecule has 7 nitrogen and oxygen atoms in total. The lowest BCUT2D eigenvalue weighted by Crippen LogP contribution is -2.51. The van der Waals surface area contributed by atoms with Crippen molar-refractivity contribution >= 4 is 35.1 Å². The fourth-order valence-corrected chi connectivity index (χ4v) is 4.57. The molecule has 2 fully saturated rings. The number of benzene rings is 1. The van der Waals surface area contributed by atoms with Gasteiger partial charge in [-0.3, -0.25) is 9.59 Å². The number of nitrogens with zero attached hydrogens (tertiary/aromatic N) is 5. The van der Waals surface area contributed by atoms with Crippen LogP contribution in [0.4, 0.5) is 11.5 Å². The summed E-state index contributed by atoms with van der Waals surface area (Å²) in [6, 6.07) is 9.93. The van der Waals surface area contributed by atoms with Crippen molar-refractivity contribution in [3.63, 3.8) is 0 Å². The summed E-state index contributed by atoms with van der Waals surface area (Å²) < 4.78 is 0. The van der Waals surface area contributed by atoms with Crippen LogP contribution in [0.15, 0.2) is 35.2 Å². The van der Waals surface area contributed by atoms with Gasteiger partial charge in [0.2, 0.25) is 11.8 Å². The van der Waals surface area contributed by atoms with Crippen LogP contribution in [0.3, 0.4) is 0 Å². The van der Waals surface area contributed by atoms with Crippen LogP contribution < -0.4 is 9.80 Å². The lowest BCUT2D eigenvalue weighted by Gasteiger charge is -2.36. The number of piperazine rings is 1. The molecular formula is C22H27N5O2S. The van der Waals surface area contributed by atoms with Crippen molar-refractivity contribution < 1.29 is 9.59 Å². The second kappa shape index (κ2) is 8.63. The molecule has 2 saturated heterocycles. The van der Waals surface area contributed by atoms with E-state index < -0.39 is 0 Å². The number of carbonyl (C=O) groups is 2. The summed E-state index contributed by atoms with van der Waals surface area (Å²) in [5, 5.41) is 0. The zero-order valence-corrected chi connectivity index (χ0v) is 18.5. The lowest BCUT2D eigenvalue weighted by atomic mass is 10.1. The zero-order chi connectivity index (χ0) is 21.3. The van der Waals surface area contributed by atoms with Crippen LogP contribution in [0.1, 0.15) is 17.9 Å². The number of anilines is 2. The minimum atomic E-state index is -0.271. The van der Waals surface area contributed by atoms with E-state index in [1.54, 1.807) is 16.7 Å². The van der Waals surface area contributed by atoms with Crippen molar-refractivity contribution in [2.45, 2.75) is 25.2 Å². The molecular weight excluding hydrogens is 398 g/mol. The Balaban J connectivity index is 1.36. The number of amides is 2. The number of thioether (sulfide) groups is 1. The van der Waals surface area contributed by atoms with Crippen molar-refractivity contribution in [3.8, 4) is 0 Å². The van der Waals surface area contributed by atoms with Gasteiger partial charge in [0.1, 0.15) is 11.6 Å². The first-order chi connectivity index (χ1) is 14.4. The van der Waals surface area contributed by atoms with E-state index in [1.165, 1.54) is 0 Å². The van der Waals surface area contributed by atoms with E-state index in [0.717, 1.165) is 41.0 Å². The van der Waals surface area contributed by atoms with E-state index >= 15 is 0 Å². The molecule has 158 valence electrons. The minimum absolute atomic E-state index is 0.0239. The summed E-state index contributed by atoms with van der Waals surface area (Å²) in [6.07, 6.45) is 2.31. The van der Waals surface area contributed by atoms with Gasteiger partial charge < -0.3 is 14.7 Å². The summed E-state index contributed by atoms with van der Waals surface area (Å²) in [5.74, 6) is 1.52.